The Bertz CT molecular complexity index is 847. The Morgan fingerprint density at radius 2 is 2.16 bits per heavy atom. The first kappa shape index (κ1) is 15.7. The molecule has 0 amide bonds. The predicted octanol–water partition coefficient (Wildman–Crippen LogP) is 4.82. The van der Waals surface area contributed by atoms with Crippen molar-refractivity contribution < 1.29 is 9.66 Å². The Balaban J connectivity index is 1.73. The highest BCUT2D eigenvalue weighted by molar-refractivity contribution is 5.62. The molecule has 4 rings (SSSR count). The van der Waals surface area contributed by atoms with E-state index in [-0.39, 0.29) is 16.7 Å². The summed E-state index contributed by atoms with van der Waals surface area (Å²) in [5, 5.41) is 14.7. The molecule has 25 heavy (non-hydrogen) atoms. The number of nitrogens with zero attached hydrogens (tertiary/aromatic N) is 1. The normalized spacial score (nSPS) is 23.5. The van der Waals surface area contributed by atoms with E-state index < -0.39 is 0 Å². The van der Waals surface area contributed by atoms with Crippen molar-refractivity contribution in [1.29, 1.82) is 0 Å². The molecule has 0 saturated heterocycles. The molecule has 2 aliphatic rings. The zero-order chi connectivity index (χ0) is 17.4. The topological polar surface area (TPSA) is 64.4 Å². The maximum absolute atomic E-state index is 11.1. The minimum absolute atomic E-state index is 0.0605. The molecule has 0 unspecified atom stereocenters. The Labute approximate surface area is 146 Å². The number of nitrogens with one attached hydrogen (secondary N) is 1. The van der Waals surface area contributed by atoms with Gasteiger partial charge in [0.1, 0.15) is 5.75 Å². The summed E-state index contributed by atoms with van der Waals surface area (Å²) in [5.74, 6) is 1.54. The zero-order valence-electron chi connectivity index (χ0n) is 14.0. The molecular weight excluding hydrogens is 316 g/mol. The lowest BCUT2D eigenvalue weighted by atomic mass is 9.77. The molecule has 1 heterocycles. The van der Waals surface area contributed by atoms with Gasteiger partial charge in [-0.05, 0) is 48.6 Å². The average Bonchev–Trinajstić information content (AvgIpc) is 3.11. The number of nitro groups is 1. The molecule has 0 fully saturated rings. The molecule has 0 bridgehead atoms. The molecule has 2 aromatic rings. The van der Waals surface area contributed by atoms with Gasteiger partial charge in [0.2, 0.25) is 0 Å². The number of allylic oxidation sites excluding steroid dienone is 2. The fourth-order valence-electron chi connectivity index (χ4n) is 3.99. The fourth-order valence-corrected chi connectivity index (χ4v) is 3.99. The molecule has 0 saturated carbocycles. The lowest BCUT2D eigenvalue weighted by molar-refractivity contribution is -0.384. The van der Waals surface area contributed by atoms with Crippen molar-refractivity contribution in [2.45, 2.75) is 25.3 Å². The van der Waals surface area contributed by atoms with Crippen LogP contribution in [0.25, 0.3) is 0 Å². The maximum Gasteiger partial charge on any atom is 0.269 e. The number of rotatable bonds is 4. The molecule has 5 nitrogen and oxygen atoms in total. The first-order chi connectivity index (χ1) is 12.2. The monoisotopic (exact) mass is 336 g/mol. The Morgan fingerprint density at radius 3 is 2.96 bits per heavy atom. The van der Waals surface area contributed by atoms with E-state index in [0.717, 1.165) is 23.4 Å². The van der Waals surface area contributed by atoms with Crippen molar-refractivity contribution in [2.24, 2.45) is 5.92 Å². The first-order valence-corrected chi connectivity index (χ1v) is 8.61. The molecular formula is C20H20N2O3. The average molecular weight is 336 g/mol. The van der Waals surface area contributed by atoms with E-state index in [4.69, 9.17) is 4.74 Å². The van der Waals surface area contributed by atoms with Gasteiger partial charge in [-0.15, -0.1) is 0 Å². The van der Waals surface area contributed by atoms with E-state index in [1.54, 1.807) is 18.2 Å². The summed E-state index contributed by atoms with van der Waals surface area (Å²) in [6.07, 6.45) is 5.43. The summed E-state index contributed by atoms with van der Waals surface area (Å²) in [6, 6.07) is 13.2. The second kappa shape index (κ2) is 6.24. The van der Waals surface area contributed by atoms with Crippen molar-refractivity contribution in [2.75, 3.05) is 11.9 Å². The molecule has 0 radical (unpaired) electrons. The van der Waals surface area contributed by atoms with Crippen LogP contribution in [0.15, 0.2) is 54.6 Å². The third-order valence-corrected chi connectivity index (χ3v) is 5.09. The third-order valence-electron chi connectivity index (χ3n) is 5.09. The summed E-state index contributed by atoms with van der Waals surface area (Å²) in [7, 11) is 0. The van der Waals surface area contributed by atoms with Gasteiger partial charge in [0, 0.05) is 23.7 Å². The van der Waals surface area contributed by atoms with Gasteiger partial charge in [0.15, 0.2) is 0 Å². The van der Waals surface area contributed by atoms with Gasteiger partial charge in [-0.1, -0.05) is 24.3 Å². The Morgan fingerprint density at radius 1 is 1.28 bits per heavy atom. The van der Waals surface area contributed by atoms with E-state index in [0.29, 0.717) is 18.4 Å². The van der Waals surface area contributed by atoms with Crippen LogP contribution in [0.2, 0.25) is 0 Å². The Hall–Kier alpha value is -2.82. The highest BCUT2D eigenvalue weighted by Gasteiger charge is 2.38. The summed E-state index contributed by atoms with van der Waals surface area (Å²) in [5.41, 5.74) is 3.42. The van der Waals surface area contributed by atoms with Crippen LogP contribution in [0, 0.1) is 16.0 Å². The second-order valence-corrected chi connectivity index (χ2v) is 6.51. The van der Waals surface area contributed by atoms with Crippen LogP contribution in [-0.4, -0.2) is 11.5 Å². The number of anilines is 1. The number of non-ortho nitro benzene ring substituents is 1. The standard InChI is InChI=1S/C20H20N2O3/c1-2-25-15-9-10-19-18(12-15)16-7-4-8-17(16)20(21-19)13-5-3-6-14(11-13)22(23)24/h3-7,9-12,16-17,20-21H,2,8H2,1H3/t16-,17+,20-/m1/s1. The fraction of sp³-hybridized carbons (Fsp3) is 0.300. The predicted molar refractivity (Wildman–Crippen MR) is 97.1 cm³/mol. The van der Waals surface area contributed by atoms with Gasteiger partial charge in [-0.25, -0.2) is 0 Å². The molecule has 1 N–H and O–H groups in total. The van der Waals surface area contributed by atoms with E-state index in [1.807, 2.05) is 25.1 Å². The highest BCUT2D eigenvalue weighted by atomic mass is 16.6. The van der Waals surface area contributed by atoms with Crippen molar-refractivity contribution in [1.82, 2.24) is 0 Å². The van der Waals surface area contributed by atoms with E-state index >= 15 is 0 Å². The van der Waals surface area contributed by atoms with Gasteiger partial charge in [-0.2, -0.15) is 0 Å². The SMILES string of the molecule is CCOc1ccc2c(c1)[C@@H]1C=CC[C@@H]1[C@@H](c1cccc([N+](=O)[O-])c1)N2. The van der Waals surface area contributed by atoms with Gasteiger partial charge in [-0.3, -0.25) is 10.1 Å². The van der Waals surface area contributed by atoms with Crippen LogP contribution in [0.3, 0.4) is 0 Å². The number of hydrogen-bond acceptors (Lipinski definition) is 4. The van der Waals surface area contributed by atoms with E-state index in [9.17, 15) is 10.1 Å². The summed E-state index contributed by atoms with van der Waals surface area (Å²) in [6.45, 7) is 2.63. The van der Waals surface area contributed by atoms with Gasteiger partial charge < -0.3 is 10.1 Å². The van der Waals surface area contributed by atoms with Gasteiger partial charge >= 0.3 is 0 Å². The van der Waals surface area contributed by atoms with Crippen LogP contribution in [0.5, 0.6) is 5.75 Å². The number of fused-ring (bicyclic) bond motifs is 3. The quantitative estimate of drug-likeness (QED) is 0.494. The summed E-state index contributed by atoms with van der Waals surface area (Å²) in [4.78, 5) is 10.8. The molecule has 1 aliphatic heterocycles. The molecule has 0 spiro atoms. The van der Waals surface area contributed by atoms with Crippen molar-refractivity contribution >= 4 is 11.4 Å². The van der Waals surface area contributed by atoms with Crippen LogP contribution in [0.1, 0.15) is 36.4 Å². The van der Waals surface area contributed by atoms with Gasteiger partial charge in [0.05, 0.1) is 17.6 Å². The number of nitro benzene ring substituents is 1. The molecule has 5 heteroatoms. The smallest absolute Gasteiger partial charge is 0.269 e. The van der Waals surface area contributed by atoms with E-state index in [1.165, 1.54) is 5.56 Å². The lowest BCUT2D eigenvalue weighted by Crippen LogP contribution is -2.29. The zero-order valence-corrected chi connectivity index (χ0v) is 14.0. The van der Waals surface area contributed by atoms with Crippen LogP contribution in [0.4, 0.5) is 11.4 Å². The maximum atomic E-state index is 11.1. The molecule has 3 atom stereocenters. The minimum Gasteiger partial charge on any atom is -0.494 e. The third kappa shape index (κ3) is 2.76. The molecule has 2 aromatic carbocycles. The summed E-state index contributed by atoms with van der Waals surface area (Å²) >= 11 is 0. The highest BCUT2D eigenvalue weighted by Crippen LogP contribution is 2.50. The van der Waals surface area contributed by atoms with E-state index in [2.05, 4.69) is 23.5 Å². The lowest BCUT2D eigenvalue weighted by Gasteiger charge is -2.37. The number of hydrogen-bond donors (Lipinski definition) is 1. The van der Waals surface area contributed by atoms with Crippen LogP contribution < -0.4 is 10.1 Å². The largest absolute Gasteiger partial charge is 0.494 e. The Kier molecular flexibility index (Phi) is 3.92. The molecule has 1 aliphatic carbocycles. The molecule has 128 valence electrons. The van der Waals surface area contributed by atoms with Crippen LogP contribution >= 0.6 is 0 Å². The number of ether oxygens (including phenoxy) is 1. The van der Waals surface area contributed by atoms with Crippen molar-refractivity contribution in [3.63, 3.8) is 0 Å². The summed E-state index contributed by atoms with van der Waals surface area (Å²) < 4.78 is 5.65. The first-order valence-electron chi connectivity index (χ1n) is 8.61. The second-order valence-electron chi connectivity index (χ2n) is 6.51. The van der Waals surface area contributed by atoms with Crippen molar-refractivity contribution in [3.8, 4) is 5.75 Å². The minimum atomic E-state index is -0.334. The van der Waals surface area contributed by atoms with Gasteiger partial charge in [0.25, 0.3) is 5.69 Å². The van der Waals surface area contributed by atoms with Crippen molar-refractivity contribution in [3.05, 3.63) is 75.9 Å². The number of benzene rings is 2. The molecule has 0 aromatic heterocycles. The van der Waals surface area contributed by atoms with Crippen LogP contribution in [-0.2, 0) is 0 Å².